The molecule has 0 saturated heterocycles. The van der Waals surface area contributed by atoms with Crippen molar-refractivity contribution in [1.29, 1.82) is 0 Å². The number of nitrogens with one attached hydrogen (secondary N) is 1. The summed E-state index contributed by atoms with van der Waals surface area (Å²) >= 11 is 1.82. The van der Waals surface area contributed by atoms with E-state index in [9.17, 15) is 0 Å². The lowest BCUT2D eigenvalue weighted by Gasteiger charge is -2.20. The van der Waals surface area contributed by atoms with E-state index in [1.165, 1.54) is 10.4 Å². The predicted octanol–water partition coefficient (Wildman–Crippen LogP) is 4.16. The van der Waals surface area contributed by atoms with Crippen LogP contribution in [0.4, 0.5) is 5.13 Å². The number of benzene rings is 1. The van der Waals surface area contributed by atoms with Gasteiger partial charge in [-0.3, -0.25) is 0 Å². The number of anilines is 1. The highest BCUT2D eigenvalue weighted by Gasteiger charge is 2.16. The summed E-state index contributed by atoms with van der Waals surface area (Å²) in [5.74, 6) is 0. The molecule has 0 unspecified atom stereocenters. The fourth-order valence-electron chi connectivity index (χ4n) is 2.42. The first kappa shape index (κ1) is 16.0. The van der Waals surface area contributed by atoms with Crippen LogP contribution in [0.1, 0.15) is 31.6 Å². The summed E-state index contributed by atoms with van der Waals surface area (Å²) < 4.78 is 0. The minimum atomic E-state index is 0.869. The molecule has 0 radical (unpaired) electrons. The second kappa shape index (κ2) is 8.15. The highest BCUT2D eigenvalue weighted by molar-refractivity contribution is 7.16. The zero-order valence-corrected chi connectivity index (χ0v) is 14.0. The van der Waals surface area contributed by atoms with Gasteiger partial charge in [-0.25, -0.2) is 4.98 Å². The van der Waals surface area contributed by atoms with Crippen molar-refractivity contribution in [3.05, 3.63) is 35.2 Å². The second-order valence-corrected chi connectivity index (χ2v) is 6.21. The largest absolute Gasteiger partial charge is 0.348 e. The average Bonchev–Trinajstić information content (AvgIpc) is 2.92. The Morgan fingerprint density at radius 1 is 1.10 bits per heavy atom. The molecule has 3 nitrogen and oxygen atoms in total. The molecule has 0 amide bonds. The van der Waals surface area contributed by atoms with E-state index < -0.39 is 0 Å². The monoisotopic (exact) mass is 303 g/mol. The van der Waals surface area contributed by atoms with Gasteiger partial charge in [0, 0.05) is 30.1 Å². The summed E-state index contributed by atoms with van der Waals surface area (Å²) in [6, 6.07) is 10.5. The molecule has 4 heteroatoms. The van der Waals surface area contributed by atoms with Crippen LogP contribution < -0.4 is 10.2 Å². The van der Waals surface area contributed by atoms with Crippen molar-refractivity contribution in [3.8, 4) is 11.3 Å². The van der Waals surface area contributed by atoms with E-state index in [0.717, 1.165) is 43.3 Å². The van der Waals surface area contributed by atoms with Gasteiger partial charge in [0.2, 0.25) is 0 Å². The Morgan fingerprint density at radius 3 is 2.33 bits per heavy atom. The molecule has 0 atom stereocenters. The van der Waals surface area contributed by atoms with Crippen LogP contribution in [0.5, 0.6) is 0 Å². The van der Waals surface area contributed by atoms with Gasteiger partial charge >= 0.3 is 0 Å². The number of rotatable bonds is 8. The Balaban J connectivity index is 2.36. The van der Waals surface area contributed by atoms with E-state index in [1.807, 2.05) is 18.4 Å². The van der Waals surface area contributed by atoms with Crippen LogP contribution >= 0.6 is 11.3 Å². The second-order valence-electron chi connectivity index (χ2n) is 5.15. The molecule has 0 bridgehead atoms. The molecule has 21 heavy (non-hydrogen) atoms. The fraction of sp³-hybridized carbons (Fsp3) is 0.471. The topological polar surface area (TPSA) is 28.2 Å². The van der Waals surface area contributed by atoms with Gasteiger partial charge in [0.25, 0.3) is 0 Å². The first-order valence-corrected chi connectivity index (χ1v) is 8.56. The predicted molar refractivity (Wildman–Crippen MR) is 93.1 cm³/mol. The van der Waals surface area contributed by atoms with Crippen LogP contribution in [0.2, 0.25) is 0 Å². The first-order chi connectivity index (χ1) is 10.3. The maximum Gasteiger partial charge on any atom is 0.186 e. The molecule has 0 fully saturated rings. The van der Waals surface area contributed by atoms with Crippen molar-refractivity contribution in [2.75, 3.05) is 25.0 Å². The zero-order valence-electron chi connectivity index (χ0n) is 13.2. The molecule has 0 aliphatic heterocycles. The van der Waals surface area contributed by atoms with Crippen LogP contribution in [0, 0.1) is 0 Å². The molecule has 0 aliphatic rings. The zero-order chi connectivity index (χ0) is 15.1. The van der Waals surface area contributed by atoms with E-state index in [4.69, 9.17) is 4.98 Å². The van der Waals surface area contributed by atoms with Crippen LogP contribution in [-0.2, 0) is 6.54 Å². The number of nitrogens with zero attached hydrogens (tertiary/aromatic N) is 2. The van der Waals surface area contributed by atoms with Gasteiger partial charge < -0.3 is 10.2 Å². The minimum Gasteiger partial charge on any atom is -0.348 e. The average molecular weight is 303 g/mol. The van der Waals surface area contributed by atoms with Crippen molar-refractivity contribution in [2.24, 2.45) is 0 Å². The number of aromatic nitrogens is 1. The van der Waals surface area contributed by atoms with E-state index >= 15 is 0 Å². The summed E-state index contributed by atoms with van der Waals surface area (Å²) in [6.45, 7) is 7.48. The molecular weight excluding hydrogens is 278 g/mol. The standard InChI is InChI=1S/C17H25N3S/c1-4-11-20(12-5-2)17-19-16(15(21-17)13-18-3)14-9-7-6-8-10-14/h6-10,18H,4-5,11-13H2,1-3H3. The summed E-state index contributed by atoms with van der Waals surface area (Å²) in [4.78, 5) is 8.67. The van der Waals surface area contributed by atoms with Crippen molar-refractivity contribution in [1.82, 2.24) is 10.3 Å². The molecule has 1 heterocycles. The Kier molecular flexibility index (Phi) is 6.21. The Bertz CT molecular complexity index is 530. The van der Waals surface area contributed by atoms with Gasteiger partial charge in [-0.05, 0) is 19.9 Å². The van der Waals surface area contributed by atoms with E-state index in [0.29, 0.717) is 0 Å². The summed E-state index contributed by atoms with van der Waals surface area (Å²) in [5.41, 5.74) is 2.33. The fourth-order valence-corrected chi connectivity index (χ4v) is 3.57. The van der Waals surface area contributed by atoms with E-state index in [1.54, 1.807) is 0 Å². The Hall–Kier alpha value is -1.39. The number of thiazole rings is 1. The lowest BCUT2D eigenvalue weighted by Crippen LogP contribution is -2.24. The van der Waals surface area contributed by atoms with Crippen molar-refractivity contribution in [2.45, 2.75) is 33.2 Å². The first-order valence-electron chi connectivity index (χ1n) is 7.74. The normalized spacial score (nSPS) is 10.8. The molecular formula is C17H25N3S. The molecule has 1 N–H and O–H groups in total. The molecule has 2 rings (SSSR count). The maximum atomic E-state index is 4.94. The third-order valence-electron chi connectivity index (χ3n) is 3.33. The van der Waals surface area contributed by atoms with Crippen LogP contribution in [0.25, 0.3) is 11.3 Å². The lowest BCUT2D eigenvalue weighted by molar-refractivity contribution is 0.742. The van der Waals surface area contributed by atoms with Gasteiger partial charge in [0.05, 0.1) is 5.69 Å². The molecule has 1 aromatic carbocycles. The highest BCUT2D eigenvalue weighted by atomic mass is 32.1. The SMILES string of the molecule is CCCN(CCC)c1nc(-c2ccccc2)c(CNC)s1. The van der Waals surface area contributed by atoms with Crippen molar-refractivity contribution < 1.29 is 0 Å². The Labute approximate surface area is 132 Å². The van der Waals surface area contributed by atoms with Gasteiger partial charge in [-0.1, -0.05) is 55.5 Å². The van der Waals surface area contributed by atoms with Gasteiger partial charge in [-0.2, -0.15) is 0 Å². The van der Waals surface area contributed by atoms with Crippen LogP contribution in [0.3, 0.4) is 0 Å². The van der Waals surface area contributed by atoms with Gasteiger partial charge in [0.1, 0.15) is 0 Å². The summed E-state index contributed by atoms with van der Waals surface area (Å²) in [6.07, 6.45) is 2.31. The van der Waals surface area contributed by atoms with E-state index in [2.05, 4.69) is 54.4 Å². The van der Waals surface area contributed by atoms with Crippen molar-refractivity contribution >= 4 is 16.5 Å². The Morgan fingerprint density at radius 2 is 1.76 bits per heavy atom. The maximum absolute atomic E-state index is 4.94. The summed E-state index contributed by atoms with van der Waals surface area (Å²) in [7, 11) is 1.99. The highest BCUT2D eigenvalue weighted by Crippen LogP contribution is 2.33. The molecule has 0 aliphatic carbocycles. The molecule has 0 saturated carbocycles. The lowest BCUT2D eigenvalue weighted by atomic mass is 10.1. The van der Waals surface area contributed by atoms with Crippen LogP contribution in [0.15, 0.2) is 30.3 Å². The summed E-state index contributed by atoms with van der Waals surface area (Å²) in [5, 5.41) is 4.42. The van der Waals surface area contributed by atoms with Gasteiger partial charge in [0.15, 0.2) is 5.13 Å². The number of hydrogen-bond acceptors (Lipinski definition) is 4. The third-order valence-corrected chi connectivity index (χ3v) is 4.44. The number of hydrogen-bond donors (Lipinski definition) is 1. The smallest absolute Gasteiger partial charge is 0.186 e. The van der Waals surface area contributed by atoms with Crippen LogP contribution in [-0.4, -0.2) is 25.1 Å². The van der Waals surface area contributed by atoms with Crippen molar-refractivity contribution in [3.63, 3.8) is 0 Å². The van der Waals surface area contributed by atoms with E-state index in [-0.39, 0.29) is 0 Å². The molecule has 2 aromatic rings. The quantitative estimate of drug-likeness (QED) is 0.794. The molecule has 114 valence electrons. The molecule has 0 spiro atoms. The van der Waals surface area contributed by atoms with Gasteiger partial charge in [-0.15, -0.1) is 0 Å². The molecule has 1 aromatic heterocycles. The minimum absolute atomic E-state index is 0.869. The third kappa shape index (κ3) is 4.05.